The van der Waals surface area contributed by atoms with E-state index in [4.69, 9.17) is 9.84 Å². The third kappa shape index (κ3) is 3.09. The number of rotatable bonds is 4. The molecule has 2 aliphatic rings. The maximum atomic E-state index is 12.1. The van der Waals surface area contributed by atoms with Crippen molar-refractivity contribution in [3.63, 3.8) is 0 Å². The number of hydrogen-bond donors (Lipinski definition) is 0. The van der Waals surface area contributed by atoms with Crippen LogP contribution in [0.2, 0.25) is 0 Å². The fourth-order valence-corrected chi connectivity index (χ4v) is 5.16. The molecule has 2 saturated carbocycles. The predicted octanol–water partition coefficient (Wildman–Crippen LogP) is 5.05. The second-order valence-electron chi connectivity index (χ2n) is 8.42. The lowest BCUT2D eigenvalue weighted by Gasteiger charge is -2.32. The van der Waals surface area contributed by atoms with Gasteiger partial charge in [0.1, 0.15) is 0 Å². The average Bonchev–Trinajstić information content (AvgIpc) is 3.40. The summed E-state index contributed by atoms with van der Waals surface area (Å²) >= 11 is 0. The number of hydrogen-bond acceptors (Lipinski definition) is 4. The van der Waals surface area contributed by atoms with Gasteiger partial charge in [-0.15, -0.1) is 0 Å². The Morgan fingerprint density at radius 2 is 2.00 bits per heavy atom. The number of aryl methyl sites for hydroxylation is 1. The summed E-state index contributed by atoms with van der Waals surface area (Å²) in [7, 11) is 1.37. The van der Waals surface area contributed by atoms with Crippen LogP contribution in [0.5, 0.6) is 0 Å². The third-order valence-corrected chi connectivity index (χ3v) is 6.91. The molecule has 0 saturated heterocycles. The van der Waals surface area contributed by atoms with E-state index in [1.165, 1.54) is 55.0 Å². The van der Waals surface area contributed by atoms with Gasteiger partial charge in [-0.1, -0.05) is 31.9 Å². The van der Waals surface area contributed by atoms with E-state index in [0.29, 0.717) is 24.8 Å². The maximum absolute atomic E-state index is 12.1. The molecule has 0 amide bonds. The summed E-state index contributed by atoms with van der Waals surface area (Å²) in [4.78, 5) is 12.1. The number of methoxy groups -OCH3 is 1. The standard InChI is InChI=1S/C23H29N3O2/c1-3-20-19-9-8-17(14-21(19)26(25-20)18-6-4-5-7-18)16-10-12-23(15-24,13-11-16)22(27)28-2/h8-9,14,16,18H,3-7,10-13H2,1-2H3. The van der Waals surface area contributed by atoms with E-state index in [1.807, 2.05) is 0 Å². The van der Waals surface area contributed by atoms with Crippen molar-refractivity contribution in [1.82, 2.24) is 9.78 Å². The molecular formula is C23H29N3O2. The summed E-state index contributed by atoms with van der Waals surface area (Å²) < 4.78 is 7.18. The molecule has 0 bridgehead atoms. The Balaban J connectivity index is 1.63. The number of ether oxygens (including phenoxy) is 1. The zero-order valence-electron chi connectivity index (χ0n) is 16.9. The summed E-state index contributed by atoms with van der Waals surface area (Å²) in [5.41, 5.74) is 2.79. The molecule has 0 spiro atoms. The largest absolute Gasteiger partial charge is 0.468 e. The molecule has 0 radical (unpaired) electrons. The Kier molecular flexibility index (Phi) is 5.14. The summed E-state index contributed by atoms with van der Waals surface area (Å²) in [6.45, 7) is 2.17. The fraction of sp³-hybridized carbons (Fsp3) is 0.609. The molecule has 5 nitrogen and oxygen atoms in total. The number of benzene rings is 1. The first-order chi connectivity index (χ1) is 13.6. The van der Waals surface area contributed by atoms with Crippen LogP contribution >= 0.6 is 0 Å². The van der Waals surface area contributed by atoms with Gasteiger partial charge >= 0.3 is 5.97 Å². The third-order valence-electron chi connectivity index (χ3n) is 6.91. The van der Waals surface area contributed by atoms with Gasteiger partial charge in [0.2, 0.25) is 0 Å². The van der Waals surface area contributed by atoms with Crippen molar-refractivity contribution in [2.45, 2.75) is 76.7 Å². The number of fused-ring (bicyclic) bond motifs is 1. The zero-order chi connectivity index (χ0) is 19.7. The molecule has 1 aromatic carbocycles. The molecule has 0 unspecified atom stereocenters. The van der Waals surface area contributed by atoms with Gasteiger partial charge < -0.3 is 4.74 Å². The monoisotopic (exact) mass is 379 g/mol. The van der Waals surface area contributed by atoms with Gasteiger partial charge in [-0.2, -0.15) is 10.4 Å². The van der Waals surface area contributed by atoms with E-state index in [-0.39, 0.29) is 5.97 Å². The number of carbonyl (C=O) groups is 1. The van der Waals surface area contributed by atoms with E-state index in [2.05, 4.69) is 35.9 Å². The van der Waals surface area contributed by atoms with Gasteiger partial charge in [0.15, 0.2) is 5.41 Å². The smallest absolute Gasteiger partial charge is 0.326 e. The zero-order valence-corrected chi connectivity index (χ0v) is 16.9. The Bertz CT molecular complexity index is 910. The summed E-state index contributed by atoms with van der Waals surface area (Å²) in [5, 5.41) is 15.8. The molecule has 0 aliphatic heterocycles. The number of nitrogens with zero attached hydrogens (tertiary/aromatic N) is 3. The average molecular weight is 380 g/mol. The second-order valence-corrected chi connectivity index (χ2v) is 8.42. The van der Waals surface area contributed by atoms with Crippen LogP contribution in [-0.2, 0) is 16.0 Å². The van der Waals surface area contributed by atoms with Crippen LogP contribution in [0.15, 0.2) is 18.2 Å². The molecule has 2 aromatic rings. The van der Waals surface area contributed by atoms with E-state index >= 15 is 0 Å². The number of aromatic nitrogens is 2. The van der Waals surface area contributed by atoms with Gasteiger partial charge in [0.05, 0.1) is 30.4 Å². The Morgan fingerprint density at radius 3 is 2.61 bits per heavy atom. The van der Waals surface area contributed by atoms with Gasteiger partial charge in [-0.3, -0.25) is 9.48 Å². The van der Waals surface area contributed by atoms with Crippen LogP contribution in [0.4, 0.5) is 0 Å². The molecule has 148 valence electrons. The van der Waals surface area contributed by atoms with E-state index in [9.17, 15) is 10.1 Å². The molecule has 5 heteroatoms. The van der Waals surface area contributed by atoms with Crippen LogP contribution in [0.25, 0.3) is 10.9 Å². The minimum Gasteiger partial charge on any atom is -0.468 e. The summed E-state index contributed by atoms with van der Waals surface area (Å²) in [6, 6.07) is 9.54. The lowest BCUT2D eigenvalue weighted by Crippen LogP contribution is -2.34. The first-order valence-corrected chi connectivity index (χ1v) is 10.6. The van der Waals surface area contributed by atoms with E-state index in [1.54, 1.807) is 0 Å². The Labute approximate surface area is 166 Å². The normalized spacial score (nSPS) is 25.7. The molecular weight excluding hydrogens is 350 g/mol. The summed E-state index contributed by atoms with van der Waals surface area (Å²) in [5.74, 6) is 0.00309. The SMILES string of the molecule is CCc1nn(C2CCCC2)c2cc(C3CCC(C#N)(C(=O)OC)CC3)ccc12. The molecule has 2 aliphatic carbocycles. The summed E-state index contributed by atoms with van der Waals surface area (Å²) in [6.07, 6.45) is 8.79. The second kappa shape index (κ2) is 7.58. The van der Waals surface area contributed by atoms with E-state index < -0.39 is 5.41 Å². The molecule has 1 heterocycles. The minimum absolute atomic E-state index is 0.379. The molecule has 4 rings (SSSR count). The van der Waals surface area contributed by atoms with E-state index in [0.717, 1.165) is 19.3 Å². The number of nitriles is 1. The molecule has 0 N–H and O–H groups in total. The Morgan fingerprint density at radius 1 is 1.29 bits per heavy atom. The van der Waals surface area contributed by atoms with Crippen molar-refractivity contribution in [3.8, 4) is 6.07 Å². The van der Waals surface area contributed by atoms with Gasteiger partial charge in [-0.05, 0) is 62.5 Å². The Hall–Kier alpha value is -2.35. The van der Waals surface area contributed by atoms with Crippen molar-refractivity contribution < 1.29 is 9.53 Å². The van der Waals surface area contributed by atoms with Crippen molar-refractivity contribution in [1.29, 1.82) is 5.26 Å². The van der Waals surface area contributed by atoms with Gasteiger partial charge in [0, 0.05) is 5.39 Å². The van der Waals surface area contributed by atoms with Crippen molar-refractivity contribution in [3.05, 3.63) is 29.5 Å². The highest BCUT2D eigenvalue weighted by molar-refractivity contribution is 5.83. The lowest BCUT2D eigenvalue weighted by atomic mass is 9.69. The maximum Gasteiger partial charge on any atom is 0.326 e. The van der Waals surface area contributed by atoms with Crippen molar-refractivity contribution >= 4 is 16.9 Å². The first kappa shape index (κ1) is 19.0. The highest BCUT2D eigenvalue weighted by Crippen LogP contribution is 2.44. The fourth-order valence-electron chi connectivity index (χ4n) is 5.16. The first-order valence-electron chi connectivity index (χ1n) is 10.6. The van der Waals surface area contributed by atoms with Gasteiger partial charge in [-0.25, -0.2) is 0 Å². The predicted molar refractivity (Wildman–Crippen MR) is 108 cm³/mol. The highest BCUT2D eigenvalue weighted by atomic mass is 16.5. The van der Waals surface area contributed by atoms with Crippen molar-refractivity contribution in [2.24, 2.45) is 5.41 Å². The lowest BCUT2D eigenvalue weighted by molar-refractivity contribution is -0.151. The van der Waals surface area contributed by atoms with Crippen molar-refractivity contribution in [2.75, 3.05) is 7.11 Å². The van der Waals surface area contributed by atoms with Crippen LogP contribution in [0.3, 0.4) is 0 Å². The molecule has 1 aromatic heterocycles. The number of carbonyl (C=O) groups excluding carboxylic acids is 1. The number of esters is 1. The molecule has 2 fully saturated rings. The highest BCUT2D eigenvalue weighted by Gasteiger charge is 2.43. The van der Waals surface area contributed by atoms with Crippen LogP contribution in [-0.4, -0.2) is 22.9 Å². The van der Waals surface area contributed by atoms with Crippen LogP contribution < -0.4 is 0 Å². The van der Waals surface area contributed by atoms with Gasteiger partial charge in [0.25, 0.3) is 0 Å². The van der Waals surface area contributed by atoms with Crippen LogP contribution in [0.1, 0.15) is 81.5 Å². The topological polar surface area (TPSA) is 67.9 Å². The minimum atomic E-state index is -0.962. The molecule has 0 atom stereocenters. The molecule has 28 heavy (non-hydrogen) atoms. The quantitative estimate of drug-likeness (QED) is 0.697. The van der Waals surface area contributed by atoms with Crippen LogP contribution in [0, 0.1) is 16.7 Å².